The lowest BCUT2D eigenvalue weighted by Crippen LogP contribution is -2.32. The number of carbonyl (C=O) groups excluding carboxylic acids is 1. The van der Waals surface area contributed by atoms with Crippen LogP contribution >= 0.6 is 0 Å². The fourth-order valence-corrected chi connectivity index (χ4v) is 3.69. The van der Waals surface area contributed by atoms with E-state index in [0.717, 1.165) is 11.1 Å². The van der Waals surface area contributed by atoms with Gasteiger partial charge in [-0.1, -0.05) is 84.8 Å². The Kier molecular flexibility index (Phi) is 5.91. The molecule has 0 saturated carbocycles. The number of hydrogen-bond donors (Lipinski definition) is 1. The van der Waals surface area contributed by atoms with E-state index in [-0.39, 0.29) is 24.6 Å². The average Bonchev–Trinajstić information content (AvgIpc) is 2.82. The number of nitrogens with one attached hydrogen (secondary N) is 1. The molecule has 0 bridgehead atoms. The minimum absolute atomic E-state index is 0.0707. The van der Waals surface area contributed by atoms with Gasteiger partial charge in [0.05, 0.1) is 23.5 Å². The van der Waals surface area contributed by atoms with E-state index in [1.54, 1.807) is 12.1 Å². The first-order valence-electron chi connectivity index (χ1n) is 9.99. The fraction of sp³-hybridized carbons (Fsp3) is 0.115. The van der Waals surface area contributed by atoms with E-state index in [1.165, 1.54) is 4.68 Å². The zero-order chi connectivity index (χ0) is 21.6. The van der Waals surface area contributed by atoms with Gasteiger partial charge in [0, 0.05) is 5.39 Å². The molecular formula is C26H21N3O2. The molecular weight excluding hydrogens is 386 g/mol. The largest absolute Gasteiger partial charge is 0.350 e. The van der Waals surface area contributed by atoms with Gasteiger partial charge >= 0.3 is 0 Å². The van der Waals surface area contributed by atoms with Crippen molar-refractivity contribution >= 4 is 16.7 Å². The third kappa shape index (κ3) is 4.24. The molecule has 0 saturated heterocycles. The molecule has 1 amide bonds. The molecule has 3 aromatic carbocycles. The fourth-order valence-electron chi connectivity index (χ4n) is 3.69. The summed E-state index contributed by atoms with van der Waals surface area (Å²) in [5.74, 6) is 1.86. The molecule has 0 aliphatic heterocycles. The quantitative estimate of drug-likeness (QED) is 0.498. The SMILES string of the molecule is C#CCn1nc(CNC(=O)C(c2ccccc2)c2ccccc2)c2ccccc2c1=O. The Bertz CT molecular complexity index is 1270. The molecule has 1 N–H and O–H groups in total. The van der Waals surface area contributed by atoms with Crippen LogP contribution in [-0.4, -0.2) is 15.7 Å². The zero-order valence-corrected chi connectivity index (χ0v) is 16.9. The van der Waals surface area contributed by atoms with Gasteiger partial charge in [0.25, 0.3) is 5.56 Å². The molecule has 5 heteroatoms. The normalized spacial score (nSPS) is 10.7. The Morgan fingerprint density at radius 1 is 0.903 bits per heavy atom. The summed E-state index contributed by atoms with van der Waals surface area (Å²) in [4.78, 5) is 25.9. The van der Waals surface area contributed by atoms with E-state index >= 15 is 0 Å². The van der Waals surface area contributed by atoms with Gasteiger partial charge in [-0.15, -0.1) is 6.42 Å². The van der Waals surface area contributed by atoms with Crippen LogP contribution in [0.5, 0.6) is 0 Å². The van der Waals surface area contributed by atoms with Crippen LogP contribution in [0.2, 0.25) is 0 Å². The van der Waals surface area contributed by atoms with Crippen molar-refractivity contribution in [1.82, 2.24) is 15.1 Å². The van der Waals surface area contributed by atoms with Gasteiger partial charge in [-0.05, 0) is 17.2 Å². The van der Waals surface area contributed by atoms with Crippen molar-refractivity contribution in [2.45, 2.75) is 19.0 Å². The van der Waals surface area contributed by atoms with Crippen LogP contribution in [0, 0.1) is 12.3 Å². The van der Waals surface area contributed by atoms with Crippen LogP contribution < -0.4 is 10.9 Å². The van der Waals surface area contributed by atoms with Crippen molar-refractivity contribution in [2.24, 2.45) is 0 Å². The first-order valence-corrected chi connectivity index (χ1v) is 9.99. The monoisotopic (exact) mass is 407 g/mol. The minimum atomic E-state index is -0.453. The van der Waals surface area contributed by atoms with Crippen molar-refractivity contribution in [2.75, 3.05) is 0 Å². The van der Waals surface area contributed by atoms with Crippen LogP contribution in [0.25, 0.3) is 10.8 Å². The lowest BCUT2D eigenvalue weighted by atomic mass is 9.90. The van der Waals surface area contributed by atoms with Crippen molar-refractivity contribution in [3.63, 3.8) is 0 Å². The van der Waals surface area contributed by atoms with Gasteiger partial charge in [0.2, 0.25) is 5.91 Å². The summed E-state index contributed by atoms with van der Waals surface area (Å²) >= 11 is 0. The molecule has 4 rings (SSSR count). The lowest BCUT2D eigenvalue weighted by molar-refractivity contribution is -0.121. The first kappa shape index (κ1) is 20.1. The number of amides is 1. The Morgan fingerprint density at radius 3 is 2.03 bits per heavy atom. The third-order valence-corrected chi connectivity index (χ3v) is 5.14. The van der Waals surface area contributed by atoms with E-state index in [2.05, 4.69) is 16.3 Å². The third-order valence-electron chi connectivity index (χ3n) is 5.14. The van der Waals surface area contributed by atoms with Crippen molar-refractivity contribution in [3.8, 4) is 12.3 Å². The highest BCUT2D eigenvalue weighted by atomic mass is 16.2. The summed E-state index contributed by atoms with van der Waals surface area (Å²) in [6.07, 6.45) is 5.39. The number of nitrogens with zero attached hydrogens (tertiary/aromatic N) is 2. The smallest absolute Gasteiger partial charge is 0.275 e. The number of aromatic nitrogens is 2. The van der Waals surface area contributed by atoms with Crippen LogP contribution in [0.4, 0.5) is 0 Å². The van der Waals surface area contributed by atoms with Crippen molar-refractivity contribution < 1.29 is 4.79 Å². The second kappa shape index (κ2) is 9.10. The van der Waals surface area contributed by atoms with Gasteiger partial charge in [-0.2, -0.15) is 5.10 Å². The molecule has 0 unspecified atom stereocenters. The number of hydrogen-bond acceptors (Lipinski definition) is 3. The maximum atomic E-state index is 13.3. The van der Waals surface area contributed by atoms with Gasteiger partial charge in [0.1, 0.15) is 6.54 Å². The van der Waals surface area contributed by atoms with Crippen molar-refractivity contribution in [1.29, 1.82) is 0 Å². The molecule has 0 spiro atoms. The predicted molar refractivity (Wildman–Crippen MR) is 121 cm³/mol. The summed E-state index contributed by atoms with van der Waals surface area (Å²) < 4.78 is 1.26. The predicted octanol–water partition coefficient (Wildman–Crippen LogP) is 3.48. The number of benzene rings is 3. The van der Waals surface area contributed by atoms with Gasteiger partial charge in [-0.3, -0.25) is 9.59 Å². The second-order valence-corrected chi connectivity index (χ2v) is 7.13. The molecule has 1 heterocycles. The maximum absolute atomic E-state index is 13.3. The van der Waals surface area contributed by atoms with Crippen LogP contribution in [-0.2, 0) is 17.9 Å². The Hall–Kier alpha value is -4.17. The number of carbonyl (C=O) groups is 1. The lowest BCUT2D eigenvalue weighted by Gasteiger charge is -2.18. The average molecular weight is 407 g/mol. The van der Waals surface area contributed by atoms with Gasteiger partial charge in [-0.25, -0.2) is 4.68 Å². The Labute approximate surface area is 180 Å². The standard InChI is InChI=1S/C26H21N3O2/c1-2-17-29-26(31)22-16-10-9-15-21(22)23(28-29)18-27-25(30)24(19-11-5-3-6-12-19)20-13-7-4-8-14-20/h1,3-16,24H,17-18H2,(H,27,30). The molecule has 0 radical (unpaired) electrons. The molecule has 5 nitrogen and oxygen atoms in total. The summed E-state index contributed by atoms with van der Waals surface area (Å²) in [6.45, 7) is 0.252. The van der Waals surface area contributed by atoms with E-state index in [0.29, 0.717) is 16.5 Å². The summed E-state index contributed by atoms with van der Waals surface area (Å²) in [6, 6.07) is 26.5. The zero-order valence-electron chi connectivity index (χ0n) is 16.9. The van der Waals surface area contributed by atoms with Gasteiger partial charge < -0.3 is 5.32 Å². The van der Waals surface area contributed by atoms with Crippen LogP contribution in [0.3, 0.4) is 0 Å². The molecule has 152 valence electrons. The highest BCUT2D eigenvalue weighted by Crippen LogP contribution is 2.25. The second-order valence-electron chi connectivity index (χ2n) is 7.13. The number of rotatable bonds is 6. The van der Waals surface area contributed by atoms with Gasteiger partial charge in [0.15, 0.2) is 0 Å². The van der Waals surface area contributed by atoms with E-state index in [1.807, 2.05) is 72.8 Å². The van der Waals surface area contributed by atoms with E-state index < -0.39 is 5.92 Å². The van der Waals surface area contributed by atoms with E-state index in [9.17, 15) is 9.59 Å². The first-order chi connectivity index (χ1) is 15.2. The summed E-state index contributed by atoms with van der Waals surface area (Å²) in [7, 11) is 0. The molecule has 0 fully saturated rings. The number of terminal acetylenes is 1. The number of fused-ring (bicyclic) bond motifs is 1. The summed E-state index contributed by atoms with van der Waals surface area (Å²) in [5.41, 5.74) is 2.16. The Balaban J connectivity index is 1.67. The highest BCUT2D eigenvalue weighted by molar-refractivity contribution is 5.88. The molecule has 0 aliphatic carbocycles. The molecule has 4 aromatic rings. The Morgan fingerprint density at radius 2 is 1.45 bits per heavy atom. The topological polar surface area (TPSA) is 64.0 Å². The minimum Gasteiger partial charge on any atom is -0.350 e. The molecule has 0 atom stereocenters. The summed E-state index contributed by atoms with van der Waals surface area (Å²) in [5, 5.41) is 8.66. The van der Waals surface area contributed by atoms with Crippen molar-refractivity contribution in [3.05, 3.63) is 112 Å². The van der Waals surface area contributed by atoms with Crippen LogP contribution in [0.1, 0.15) is 22.7 Å². The maximum Gasteiger partial charge on any atom is 0.275 e. The highest BCUT2D eigenvalue weighted by Gasteiger charge is 2.23. The molecule has 1 aromatic heterocycles. The molecule has 31 heavy (non-hydrogen) atoms. The van der Waals surface area contributed by atoms with Crippen LogP contribution in [0.15, 0.2) is 89.7 Å². The van der Waals surface area contributed by atoms with E-state index in [4.69, 9.17) is 6.42 Å². The molecule has 0 aliphatic rings.